The highest BCUT2D eigenvalue weighted by molar-refractivity contribution is 9.10. The molecule has 0 saturated carbocycles. The molecule has 0 aliphatic rings. The predicted molar refractivity (Wildman–Crippen MR) is 72.2 cm³/mol. The Morgan fingerprint density at radius 1 is 1.47 bits per heavy atom. The van der Waals surface area contributed by atoms with E-state index in [0.717, 1.165) is 10.0 Å². The summed E-state index contributed by atoms with van der Waals surface area (Å²) >= 11 is 9.49. The lowest BCUT2D eigenvalue weighted by Crippen LogP contribution is -2.36. The Morgan fingerprint density at radius 3 is 2.65 bits per heavy atom. The molecule has 0 aliphatic heterocycles. The molecule has 0 aromatic heterocycles. The van der Waals surface area contributed by atoms with Gasteiger partial charge in [0.1, 0.15) is 6.04 Å². The quantitative estimate of drug-likeness (QED) is 0.865. The molecule has 0 bridgehead atoms. The molecule has 0 aliphatic carbocycles. The predicted octanol–water partition coefficient (Wildman–Crippen LogP) is 3.31. The number of carbonyl (C=O) groups is 1. The van der Waals surface area contributed by atoms with Gasteiger partial charge in [0.25, 0.3) is 0 Å². The van der Waals surface area contributed by atoms with Gasteiger partial charge in [-0.1, -0.05) is 33.6 Å². The van der Waals surface area contributed by atoms with E-state index in [4.69, 9.17) is 11.6 Å². The number of ether oxygens (including phenoxy) is 1. The Morgan fingerprint density at radius 2 is 2.12 bits per heavy atom. The maximum absolute atomic E-state index is 11.3. The van der Waals surface area contributed by atoms with E-state index in [1.165, 1.54) is 7.11 Å². The van der Waals surface area contributed by atoms with E-state index < -0.39 is 0 Å². The number of methoxy groups -OCH3 is 1. The van der Waals surface area contributed by atoms with Crippen molar-refractivity contribution in [3.63, 3.8) is 0 Å². The van der Waals surface area contributed by atoms with Gasteiger partial charge in [-0.3, -0.25) is 10.1 Å². The highest BCUT2D eigenvalue weighted by atomic mass is 79.9. The van der Waals surface area contributed by atoms with Crippen molar-refractivity contribution in [1.29, 1.82) is 0 Å². The molecule has 1 unspecified atom stereocenters. The molecule has 1 N–H and O–H groups in total. The minimum Gasteiger partial charge on any atom is -0.468 e. The lowest BCUT2D eigenvalue weighted by molar-refractivity contribution is -0.142. The third-order valence-corrected chi connectivity index (χ3v) is 3.30. The highest BCUT2D eigenvalue weighted by Crippen LogP contribution is 2.26. The normalized spacial score (nSPS) is 14.2. The first kappa shape index (κ1) is 14.5. The molecular weight excluding hydrogens is 305 g/mol. The van der Waals surface area contributed by atoms with E-state index >= 15 is 0 Å². The zero-order valence-corrected chi connectivity index (χ0v) is 12.3. The van der Waals surface area contributed by atoms with Crippen molar-refractivity contribution in [2.24, 2.45) is 0 Å². The number of rotatable bonds is 4. The molecule has 0 radical (unpaired) electrons. The lowest BCUT2D eigenvalue weighted by atomic mass is 10.1. The number of carbonyl (C=O) groups excluding carboxylic acids is 1. The van der Waals surface area contributed by atoms with Gasteiger partial charge in [0.05, 0.1) is 7.11 Å². The van der Waals surface area contributed by atoms with Crippen molar-refractivity contribution < 1.29 is 9.53 Å². The van der Waals surface area contributed by atoms with E-state index in [-0.39, 0.29) is 18.1 Å². The second kappa shape index (κ2) is 6.38. The maximum atomic E-state index is 11.3. The fourth-order valence-electron chi connectivity index (χ4n) is 1.56. The van der Waals surface area contributed by atoms with Crippen LogP contribution in [0.2, 0.25) is 5.02 Å². The molecule has 2 atom stereocenters. The van der Waals surface area contributed by atoms with Crippen LogP contribution >= 0.6 is 27.5 Å². The molecule has 3 nitrogen and oxygen atoms in total. The zero-order valence-electron chi connectivity index (χ0n) is 9.96. The van der Waals surface area contributed by atoms with Gasteiger partial charge in [-0.2, -0.15) is 0 Å². The molecule has 1 rings (SSSR count). The number of esters is 1. The third kappa shape index (κ3) is 3.98. The molecule has 0 amide bonds. The van der Waals surface area contributed by atoms with Gasteiger partial charge in [0.15, 0.2) is 0 Å². The van der Waals surface area contributed by atoms with Crippen LogP contribution in [0.1, 0.15) is 25.5 Å². The lowest BCUT2D eigenvalue weighted by Gasteiger charge is -2.19. The summed E-state index contributed by atoms with van der Waals surface area (Å²) in [6, 6.07) is 5.29. The van der Waals surface area contributed by atoms with Gasteiger partial charge >= 0.3 is 5.97 Å². The van der Waals surface area contributed by atoms with Crippen molar-refractivity contribution in [3.05, 3.63) is 33.3 Å². The van der Waals surface area contributed by atoms with Gasteiger partial charge in [-0.15, -0.1) is 0 Å². The number of benzene rings is 1. The monoisotopic (exact) mass is 319 g/mol. The van der Waals surface area contributed by atoms with Gasteiger partial charge < -0.3 is 4.74 Å². The van der Waals surface area contributed by atoms with Crippen LogP contribution < -0.4 is 5.32 Å². The average molecular weight is 321 g/mol. The Balaban J connectivity index is 2.76. The van der Waals surface area contributed by atoms with Crippen LogP contribution in [-0.2, 0) is 9.53 Å². The molecule has 1 aromatic carbocycles. The second-order valence-corrected chi connectivity index (χ2v) is 5.12. The topological polar surface area (TPSA) is 38.3 Å². The van der Waals surface area contributed by atoms with Gasteiger partial charge in [0, 0.05) is 15.5 Å². The maximum Gasteiger partial charge on any atom is 0.322 e. The van der Waals surface area contributed by atoms with Crippen LogP contribution in [0.5, 0.6) is 0 Å². The van der Waals surface area contributed by atoms with Crippen LogP contribution in [0.15, 0.2) is 22.7 Å². The Kier molecular flexibility index (Phi) is 5.43. The van der Waals surface area contributed by atoms with Crippen LogP contribution in [0.4, 0.5) is 0 Å². The Hall–Kier alpha value is -0.580. The van der Waals surface area contributed by atoms with Crippen LogP contribution in [-0.4, -0.2) is 19.1 Å². The summed E-state index contributed by atoms with van der Waals surface area (Å²) in [5.41, 5.74) is 0.950. The van der Waals surface area contributed by atoms with Crippen molar-refractivity contribution in [2.45, 2.75) is 25.9 Å². The molecule has 0 spiro atoms. The molecule has 0 fully saturated rings. The van der Waals surface area contributed by atoms with E-state index in [9.17, 15) is 4.79 Å². The minimum atomic E-state index is -0.366. The second-order valence-electron chi connectivity index (χ2n) is 3.80. The number of hydrogen-bond donors (Lipinski definition) is 1. The number of nitrogens with one attached hydrogen (secondary N) is 1. The summed E-state index contributed by atoms with van der Waals surface area (Å²) < 4.78 is 5.59. The van der Waals surface area contributed by atoms with E-state index in [1.54, 1.807) is 6.92 Å². The van der Waals surface area contributed by atoms with Crippen molar-refractivity contribution in [3.8, 4) is 0 Å². The molecule has 1 aromatic rings. The third-order valence-electron chi connectivity index (χ3n) is 2.48. The fourth-order valence-corrected chi connectivity index (χ4v) is 2.40. The van der Waals surface area contributed by atoms with Crippen molar-refractivity contribution >= 4 is 33.5 Å². The average Bonchev–Trinajstić information content (AvgIpc) is 2.27. The van der Waals surface area contributed by atoms with Gasteiger partial charge in [-0.25, -0.2) is 0 Å². The highest BCUT2D eigenvalue weighted by Gasteiger charge is 2.17. The largest absolute Gasteiger partial charge is 0.468 e. The minimum absolute atomic E-state index is 0.0234. The van der Waals surface area contributed by atoms with Crippen LogP contribution in [0, 0.1) is 0 Å². The van der Waals surface area contributed by atoms with Crippen LogP contribution in [0.3, 0.4) is 0 Å². The SMILES string of the molecule is COC(=O)[C@@H](C)NC(C)c1ccc(Br)cc1Cl. The Bertz CT molecular complexity index is 411. The first-order valence-electron chi connectivity index (χ1n) is 5.24. The van der Waals surface area contributed by atoms with E-state index in [1.807, 2.05) is 25.1 Å². The molecule has 5 heteroatoms. The first-order valence-corrected chi connectivity index (χ1v) is 6.41. The fraction of sp³-hybridized carbons (Fsp3) is 0.417. The van der Waals surface area contributed by atoms with Gasteiger partial charge in [-0.05, 0) is 31.5 Å². The summed E-state index contributed by atoms with van der Waals surface area (Å²) in [6.07, 6.45) is 0. The zero-order chi connectivity index (χ0) is 13.0. The molecule has 0 saturated heterocycles. The smallest absolute Gasteiger partial charge is 0.322 e. The molecule has 17 heavy (non-hydrogen) atoms. The summed E-state index contributed by atoms with van der Waals surface area (Å²) in [7, 11) is 1.37. The summed E-state index contributed by atoms with van der Waals surface area (Å²) in [6.45, 7) is 3.71. The van der Waals surface area contributed by atoms with Crippen molar-refractivity contribution in [1.82, 2.24) is 5.32 Å². The van der Waals surface area contributed by atoms with E-state index in [2.05, 4.69) is 26.0 Å². The number of halogens is 2. The molecule has 94 valence electrons. The number of hydrogen-bond acceptors (Lipinski definition) is 3. The molecular formula is C12H15BrClNO2. The first-order chi connectivity index (χ1) is 7.95. The van der Waals surface area contributed by atoms with Crippen molar-refractivity contribution in [2.75, 3.05) is 7.11 Å². The summed E-state index contributed by atoms with van der Waals surface area (Å²) in [5, 5.41) is 3.80. The van der Waals surface area contributed by atoms with Crippen LogP contribution in [0.25, 0.3) is 0 Å². The summed E-state index contributed by atoms with van der Waals surface area (Å²) in [4.78, 5) is 11.3. The standard InChI is InChI=1S/C12H15BrClNO2/c1-7(15-8(2)12(16)17-3)10-5-4-9(13)6-11(10)14/h4-8,15H,1-3H3/t7?,8-/m1/s1. The Labute approximate surface area is 115 Å². The molecule has 0 heterocycles. The van der Waals surface area contributed by atoms with E-state index in [0.29, 0.717) is 5.02 Å². The summed E-state index contributed by atoms with van der Waals surface area (Å²) in [5.74, 6) is -0.287. The van der Waals surface area contributed by atoms with Gasteiger partial charge in [0.2, 0.25) is 0 Å².